The van der Waals surface area contributed by atoms with E-state index in [0.717, 1.165) is 6.42 Å². The van der Waals surface area contributed by atoms with E-state index in [1.54, 1.807) is 17.0 Å². The minimum Gasteiger partial charge on any atom is -0.361 e. The van der Waals surface area contributed by atoms with Crippen molar-refractivity contribution in [2.45, 2.75) is 40.3 Å². The second-order valence-electron chi connectivity index (χ2n) is 5.60. The van der Waals surface area contributed by atoms with Crippen LogP contribution in [0, 0.1) is 5.92 Å². The lowest BCUT2D eigenvalue weighted by Crippen LogP contribution is -2.26. The third-order valence-corrected chi connectivity index (χ3v) is 3.42. The number of benzene rings is 1. The predicted molar refractivity (Wildman–Crippen MR) is 86.5 cm³/mol. The number of hydrogen-bond donors (Lipinski definition) is 1. The third-order valence-electron chi connectivity index (χ3n) is 3.42. The maximum absolute atomic E-state index is 12.3. The highest BCUT2D eigenvalue weighted by Crippen LogP contribution is 2.10. The van der Waals surface area contributed by atoms with Crippen LogP contribution in [-0.4, -0.2) is 9.55 Å². The van der Waals surface area contributed by atoms with Crippen molar-refractivity contribution in [2.75, 3.05) is 5.32 Å². The highest BCUT2D eigenvalue weighted by atomic mass is 16.1. The van der Waals surface area contributed by atoms with Crippen molar-refractivity contribution in [2.24, 2.45) is 5.92 Å². The summed E-state index contributed by atoms with van der Waals surface area (Å²) in [5.41, 5.74) is 2.45. The Bertz CT molecular complexity index is 646. The molecule has 21 heavy (non-hydrogen) atoms. The molecule has 0 bridgehead atoms. The Morgan fingerprint density at radius 1 is 1.24 bits per heavy atom. The topological polar surface area (TPSA) is 46.9 Å². The lowest BCUT2D eigenvalue weighted by molar-refractivity contribution is 0.509. The van der Waals surface area contributed by atoms with Crippen molar-refractivity contribution in [1.29, 1.82) is 0 Å². The van der Waals surface area contributed by atoms with Gasteiger partial charge in [0, 0.05) is 25.5 Å². The van der Waals surface area contributed by atoms with E-state index in [1.807, 2.05) is 12.1 Å². The van der Waals surface area contributed by atoms with Gasteiger partial charge in [-0.05, 0) is 23.5 Å². The molecule has 2 aromatic rings. The first kappa shape index (κ1) is 15.3. The molecule has 1 aromatic heterocycles. The van der Waals surface area contributed by atoms with Crippen LogP contribution in [0.2, 0.25) is 0 Å². The summed E-state index contributed by atoms with van der Waals surface area (Å²) in [6.07, 6.45) is 4.41. The Hall–Kier alpha value is -2.10. The van der Waals surface area contributed by atoms with Crippen LogP contribution >= 0.6 is 0 Å². The fourth-order valence-corrected chi connectivity index (χ4v) is 2.36. The lowest BCUT2D eigenvalue weighted by atomic mass is 10.1. The molecule has 1 aromatic carbocycles. The van der Waals surface area contributed by atoms with Gasteiger partial charge in [-0.25, -0.2) is 4.98 Å². The van der Waals surface area contributed by atoms with Crippen LogP contribution in [0.4, 0.5) is 5.82 Å². The van der Waals surface area contributed by atoms with E-state index >= 15 is 0 Å². The molecule has 0 aliphatic rings. The van der Waals surface area contributed by atoms with Crippen LogP contribution in [-0.2, 0) is 19.5 Å². The molecule has 4 heteroatoms. The molecule has 2 rings (SSSR count). The van der Waals surface area contributed by atoms with Gasteiger partial charge in [-0.1, -0.05) is 45.0 Å². The minimum absolute atomic E-state index is 0.0554. The molecule has 0 spiro atoms. The largest absolute Gasteiger partial charge is 0.361 e. The molecule has 0 aliphatic heterocycles. The summed E-state index contributed by atoms with van der Waals surface area (Å²) < 4.78 is 1.71. The van der Waals surface area contributed by atoms with E-state index in [4.69, 9.17) is 0 Å². The van der Waals surface area contributed by atoms with Gasteiger partial charge in [0.2, 0.25) is 0 Å². The zero-order valence-electron chi connectivity index (χ0n) is 13.0. The average Bonchev–Trinajstić information content (AvgIpc) is 2.48. The molecule has 0 saturated carbocycles. The van der Waals surface area contributed by atoms with E-state index in [1.165, 1.54) is 11.1 Å². The second-order valence-corrected chi connectivity index (χ2v) is 5.60. The summed E-state index contributed by atoms with van der Waals surface area (Å²) in [6, 6.07) is 8.26. The van der Waals surface area contributed by atoms with E-state index in [-0.39, 0.29) is 5.56 Å². The molecule has 0 aliphatic carbocycles. The number of nitrogens with zero attached hydrogens (tertiary/aromatic N) is 2. The Labute approximate surface area is 125 Å². The average molecular weight is 285 g/mol. The highest BCUT2D eigenvalue weighted by molar-refractivity contribution is 5.35. The predicted octanol–water partition coefficient (Wildman–Crippen LogP) is 3.07. The second kappa shape index (κ2) is 7.07. The quantitative estimate of drug-likeness (QED) is 0.887. The highest BCUT2D eigenvalue weighted by Gasteiger charge is 2.07. The number of rotatable bonds is 6. The van der Waals surface area contributed by atoms with E-state index < -0.39 is 0 Å². The minimum atomic E-state index is -0.0554. The smallest absolute Gasteiger partial charge is 0.293 e. The molecule has 0 unspecified atom stereocenters. The molecule has 1 heterocycles. The number of aromatic nitrogens is 2. The maximum atomic E-state index is 12.3. The molecule has 0 fully saturated rings. The van der Waals surface area contributed by atoms with Crippen LogP contribution in [0.25, 0.3) is 0 Å². The first-order valence-electron chi connectivity index (χ1n) is 7.48. The molecular formula is C17H23N3O. The summed E-state index contributed by atoms with van der Waals surface area (Å²) in [4.78, 5) is 16.5. The molecule has 1 N–H and O–H groups in total. The van der Waals surface area contributed by atoms with E-state index in [9.17, 15) is 4.79 Å². The molecule has 4 nitrogen and oxygen atoms in total. The maximum Gasteiger partial charge on any atom is 0.293 e. The van der Waals surface area contributed by atoms with Crippen molar-refractivity contribution in [1.82, 2.24) is 9.55 Å². The SMILES string of the molecule is CCc1ccccc1CNc1nccn(CC(C)C)c1=O. The standard InChI is InChI=1S/C17H23N3O/c1-4-14-7-5-6-8-15(14)11-19-16-17(21)20(10-9-18-16)12-13(2)3/h5-10,13H,4,11-12H2,1-3H3,(H,18,19). The van der Waals surface area contributed by atoms with E-state index in [2.05, 4.69) is 43.2 Å². The van der Waals surface area contributed by atoms with Gasteiger partial charge in [0.05, 0.1) is 0 Å². The van der Waals surface area contributed by atoms with Gasteiger partial charge in [-0.2, -0.15) is 0 Å². The summed E-state index contributed by atoms with van der Waals surface area (Å²) in [5.74, 6) is 0.850. The van der Waals surface area contributed by atoms with Crippen LogP contribution in [0.1, 0.15) is 31.9 Å². The van der Waals surface area contributed by atoms with Crippen molar-refractivity contribution in [3.8, 4) is 0 Å². The van der Waals surface area contributed by atoms with Gasteiger partial charge in [0.15, 0.2) is 5.82 Å². The Morgan fingerprint density at radius 2 is 1.95 bits per heavy atom. The zero-order valence-corrected chi connectivity index (χ0v) is 13.0. The van der Waals surface area contributed by atoms with Gasteiger partial charge >= 0.3 is 0 Å². The molecule has 0 saturated heterocycles. The van der Waals surface area contributed by atoms with Gasteiger partial charge in [-0.15, -0.1) is 0 Å². The van der Waals surface area contributed by atoms with Crippen molar-refractivity contribution < 1.29 is 0 Å². The van der Waals surface area contributed by atoms with Crippen LogP contribution < -0.4 is 10.9 Å². The normalized spacial score (nSPS) is 10.9. The van der Waals surface area contributed by atoms with Crippen LogP contribution in [0.3, 0.4) is 0 Å². The third kappa shape index (κ3) is 3.94. The van der Waals surface area contributed by atoms with Gasteiger partial charge < -0.3 is 9.88 Å². The van der Waals surface area contributed by atoms with Crippen LogP contribution in [0.15, 0.2) is 41.5 Å². The Morgan fingerprint density at radius 3 is 2.62 bits per heavy atom. The zero-order chi connectivity index (χ0) is 15.2. The van der Waals surface area contributed by atoms with Crippen molar-refractivity contribution in [3.63, 3.8) is 0 Å². The Balaban J connectivity index is 2.15. The first-order chi connectivity index (χ1) is 10.1. The Kier molecular flexibility index (Phi) is 5.14. The summed E-state index contributed by atoms with van der Waals surface area (Å²) in [5, 5.41) is 3.17. The van der Waals surface area contributed by atoms with Crippen LogP contribution in [0.5, 0.6) is 0 Å². The molecular weight excluding hydrogens is 262 g/mol. The van der Waals surface area contributed by atoms with Crippen molar-refractivity contribution >= 4 is 5.82 Å². The van der Waals surface area contributed by atoms with Gasteiger partial charge in [0.25, 0.3) is 5.56 Å². The van der Waals surface area contributed by atoms with Crippen molar-refractivity contribution in [3.05, 3.63) is 58.1 Å². The fraction of sp³-hybridized carbons (Fsp3) is 0.412. The fourth-order valence-electron chi connectivity index (χ4n) is 2.36. The number of hydrogen-bond acceptors (Lipinski definition) is 3. The van der Waals surface area contributed by atoms with Gasteiger partial charge in [0.1, 0.15) is 0 Å². The number of nitrogens with one attached hydrogen (secondary N) is 1. The summed E-state index contributed by atoms with van der Waals surface area (Å²) in [6.45, 7) is 7.66. The molecule has 112 valence electrons. The number of anilines is 1. The first-order valence-corrected chi connectivity index (χ1v) is 7.48. The summed E-state index contributed by atoms with van der Waals surface area (Å²) >= 11 is 0. The number of aryl methyl sites for hydroxylation is 1. The summed E-state index contributed by atoms with van der Waals surface area (Å²) in [7, 11) is 0. The molecule has 0 atom stereocenters. The molecule has 0 amide bonds. The lowest BCUT2D eigenvalue weighted by Gasteiger charge is -2.12. The monoisotopic (exact) mass is 285 g/mol. The van der Waals surface area contributed by atoms with E-state index in [0.29, 0.717) is 24.8 Å². The van der Waals surface area contributed by atoms with Gasteiger partial charge in [-0.3, -0.25) is 4.79 Å². The molecule has 0 radical (unpaired) electrons.